The van der Waals surface area contributed by atoms with E-state index in [0.29, 0.717) is 51.4 Å². The summed E-state index contributed by atoms with van der Waals surface area (Å²) >= 11 is 1.62. The largest absolute Gasteiger partial charge is 0.444 e. The van der Waals surface area contributed by atoms with Gasteiger partial charge in [0.05, 0.1) is 5.41 Å². The number of amides is 3. The number of anilines is 1. The van der Waals surface area contributed by atoms with Gasteiger partial charge in [0.2, 0.25) is 11.8 Å². The Bertz CT molecular complexity index is 1480. The molecule has 2 saturated heterocycles. The van der Waals surface area contributed by atoms with Crippen LogP contribution in [0, 0.1) is 0 Å². The highest BCUT2D eigenvalue weighted by Gasteiger charge is 2.53. The van der Waals surface area contributed by atoms with Crippen LogP contribution in [0.1, 0.15) is 62.6 Å². The van der Waals surface area contributed by atoms with Gasteiger partial charge in [0.15, 0.2) is 0 Å². The van der Waals surface area contributed by atoms with Gasteiger partial charge in [-0.05, 0) is 76.3 Å². The molecule has 3 aliphatic heterocycles. The maximum atomic E-state index is 14.1. The molecule has 0 aliphatic carbocycles. The number of aromatic nitrogens is 2. The number of ether oxygens (including phenoxy) is 2. The van der Waals surface area contributed by atoms with E-state index < -0.39 is 19.1 Å². The first-order valence-corrected chi connectivity index (χ1v) is 20.8. The number of carbonyl (C=O) groups is 3. The number of carbonyl (C=O) groups excluding carboxylic acids is 3. The maximum Gasteiger partial charge on any atom is 0.410 e. The van der Waals surface area contributed by atoms with E-state index in [0.717, 1.165) is 35.0 Å². The predicted octanol–water partition coefficient (Wildman–Crippen LogP) is 6.18. The summed E-state index contributed by atoms with van der Waals surface area (Å²) in [6.07, 6.45) is 11.3. The lowest BCUT2D eigenvalue weighted by Crippen LogP contribution is -2.51. The Morgan fingerprint density at radius 2 is 1.78 bits per heavy atom. The minimum atomic E-state index is -1.29. The molecule has 5 rings (SSSR count). The summed E-state index contributed by atoms with van der Waals surface area (Å²) in [7, 11) is -1.29. The number of nitrogens with zero attached hydrogens (tertiary/aromatic N) is 5. The van der Waals surface area contributed by atoms with Crippen LogP contribution >= 0.6 is 11.3 Å². The zero-order valence-corrected chi connectivity index (χ0v) is 29.8. The fourth-order valence-electron chi connectivity index (χ4n) is 6.05. The number of hydrogen-bond donors (Lipinski definition) is 0. The molecule has 0 unspecified atom stereocenters. The fraction of sp³-hybridized carbons (Fsp3) is 0.559. The zero-order valence-electron chi connectivity index (χ0n) is 28.0. The van der Waals surface area contributed by atoms with Crippen molar-refractivity contribution in [3.8, 4) is 0 Å². The van der Waals surface area contributed by atoms with E-state index in [9.17, 15) is 14.4 Å². The van der Waals surface area contributed by atoms with Crippen LogP contribution in [0.15, 0.2) is 35.5 Å². The third-order valence-electron chi connectivity index (χ3n) is 8.71. The zero-order chi connectivity index (χ0) is 33.1. The first kappa shape index (κ1) is 34.0. The summed E-state index contributed by atoms with van der Waals surface area (Å²) in [5, 5.41) is 2.97. The lowest BCUT2D eigenvalue weighted by atomic mass is 9.74. The second-order valence-corrected chi connectivity index (χ2v) is 21.1. The van der Waals surface area contributed by atoms with Gasteiger partial charge < -0.3 is 19.3 Å². The minimum Gasteiger partial charge on any atom is -0.444 e. The first-order valence-electron chi connectivity index (χ1n) is 16.2. The molecule has 46 heavy (non-hydrogen) atoms. The van der Waals surface area contributed by atoms with Crippen molar-refractivity contribution in [2.45, 2.75) is 83.2 Å². The van der Waals surface area contributed by atoms with E-state index in [1.807, 2.05) is 37.1 Å². The highest BCUT2D eigenvalue weighted by atomic mass is 32.1. The summed E-state index contributed by atoms with van der Waals surface area (Å²) in [4.78, 5) is 54.4. The van der Waals surface area contributed by atoms with Gasteiger partial charge in [-0.2, -0.15) is 0 Å². The number of piperidine rings is 2. The van der Waals surface area contributed by atoms with E-state index in [2.05, 4.69) is 30.7 Å². The standard InChI is InChI=1S/C34H47N5O5SSi/c1-33(2,3)44-32(42)38-16-11-34(12-17-38)27-21-26(23-36-30(27)39(31(34)41)24-43-18-20-46(4,5)6)7-8-29(40)37-14-9-25(10-15-37)22-28-35-13-19-45-28/h7-8,13,19,21-23H,9-12,14-18,20,24H2,1-6H3/b8-7+. The van der Waals surface area contributed by atoms with Crippen LogP contribution in [0.3, 0.4) is 0 Å². The second kappa shape index (κ2) is 13.8. The molecule has 3 amide bonds. The van der Waals surface area contributed by atoms with E-state index in [1.165, 1.54) is 5.57 Å². The Morgan fingerprint density at radius 1 is 1.07 bits per heavy atom. The van der Waals surface area contributed by atoms with Gasteiger partial charge in [-0.25, -0.2) is 14.8 Å². The maximum absolute atomic E-state index is 14.1. The third-order valence-corrected chi connectivity index (χ3v) is 11.1. The monoisotopic (exact) mass is 665 g/mol. The molecule has 0 bridgehead atoms. The fourth-order valence-corrected chi connectivity index (χ4v) is 7.42. The average molecular weight is 666 g/mol. The average Bonchev–Trinajstić information content (AvgIpc) is 3.58. The Hall–Kier alpha value is -3.35. The van der Waals surface area contributed by atoms with Gasteiger partial charge in [0.25, 0.3) is 0 Å². The smallest absolute Gasteiger partial charge is 0.410 e. The van der Waals surface area contributed by atoms with Crippen molar-refractivity contribution in [1.29, 1.82) is 0 Å². The van der Waals surface area contributed by atoms with E-state index in [1.54, 1.807) is 45.7 Å². The molecular formula is C34H47N5O5SSi. The van der Waals surface area contributed by atoms with Gasteiger partial charge in [0, 0.05) is 70.3 Å². The van der Waals surface area contributed by atoms with Crippen molar-refractivity contribution in [1.82, 2.24) is 19.8 Å². The number of thiazole rings is 1. The minimum absolute atomic E-state index is 0.0392. The molecule has 0 N–H and O–H groups in total. The topological polar surface area (TPSA) is 105 Å². The highest BCUT2D eigenvalue weighted by Crippen LogP contribution is 2.47. The van der Waals surface area contributed by atoms with Crippen LogP contribution in [0.5, 0.6) is 0 Å². The molecule has 12 heteroatoms. The highest BCUT2D eigenvalue weighted by molar-refractivity contribution is 7.10. The summed E-state index contributed by atoms with van der Waals surface area (Å²) in [6.45, 7) is 15.3. The van der Waals surface area contributed by atoms with Crippen molar-refractivity contribution >= 4 is 55.3 Å². The Morgan fingerprint density at radius 3 is 2.41 bits per heavy atom. The molecule has 0 atom stereocenters. The Kier molecular flexibility index (Phi) is 10.2. The Balaban J connectivity index is 1.30. The third kappa shape index (κ3) is 8.13. The lowest BCUT2D eigenvalue weighted by molar-refractivity contribution is -0.127. The second-order valence-electron chi connectivity index (χ2n) is 14.6. The van der Waals surface area contributed by atoms with Gasteiger partial charge >= 0.3 is 6.09 Å². The predicted molar refractivity (Wildman–Crippen MR) is 184 cm³/mol. The number of rotatable bonds is 8. The van der Waals surface area contributed by atoms with Crippen molar-refractivity contribution in [2.75, 3.05) is 44.4 Å². The quantitative estimate of drug-likeness (QED) is 0.188. The number of pyridine rings is 1. The van der Waals surface area contributed by atoms with Crippen LogP contribution in [-0.4, -0.2) is 90.9 Å². The van der Waals surface area contributed by atoms with Gasteiger partial charge in [0.1, 0.15) is 23.2 Å². The summed E-state index contributed by atoms with van der Waals surface area (Å²) in [5.41, 5.74) is 1.50. The number of hydrogen-bond acceptors (Lipinski definition) is 8. The van der Waals surface area contributed by atoms with Crippen molar-refractivity contribution < 1.29 is 23.9 Å². The molecule has 0 aromatic carbocycles. The van der Waals surface area contributed by atoms with E-state index in [4.69, 9.17) is 14.5 Å². The molecule has 0 radical (unpaired) electrons. The first-order chi connectivity index (χ1) is 21.7. The van der Waals surface area contributed by atoms with E-state index >= 15 is 0 Å². The summed E-state index contributed by atoms with van der Waals surface area (Å²) in [5.74, 6) is 0.518. The summed E-state index contributed by atoms with van der Waals surface area (Å²) < 4.78 is 11.6. The van der Waals surface area contributed by atoms with Crippen molar-refractivity contribution in [3.05, 3.63) is 51.6 Å². The van der Waals surface area contributed by atoms with Crippen LogP contribution in [0.4, 0.5) is 10.6 Å². The summed E-state index contributed by atoms with van der Waals surface area (Å²) in [6, 6.07) is 2.99. The molecule has 0 saturated carbocycles. The van der Waals surface area contributed by atoms with Crippen molar-refractivity contribution in [2.24, 2.45) is 0 Å². The van der Waals surface area contributed by atoms with Crippen LogP contribution in [0.2, 0.25) is 25.7 Å². The van der Waals surface area contributed by atoms with Gasteiger partial charge in [-0.3, -0.25) is 14.5 Å². The molecule has 3 aliphatic rings. The van der Waals surface area contributed by atoms with Crippen LogP contribution in [-0.2, 0) is 24.5 Å². The number of likely N-dealkylation sites (tertiary alicyclic amines) is 2. The molecule has 248 valence electrons. The molecule has 10 nitrogen and oxygen atoms in total. The van der Waals surface area contributed by atoms with E-state index in [-0.39, 0.29) is 24.6 Å². The molecule has 1 spiro atoms. The molecular weight excluding hydrogens is 619 g/mol. The lowest BCUT2D eigenvalue weighted by Gasteiger charge is -2.38. The molecule has 2 fully saturated rings. The van der Waals surface area contributed by atoms with Gasteiger partial charge in [-0.1, -0.05) is 25.2 Å². The number of fused-ring (bicyclic) bond motifs is 2. The normalized spacial score (nSPS) is 18.4. The van der Waals surface area contributed by atoms with Crippen LogP contribution in [0.25, 0.3) is 12.2 Å². The Labute approximate surface area is 277 Å². The van der Waals surface area contributed by atoms with Gasteiger partial charge in [-0.15, -0.1) is 11.3 Å². The SMILES string of the molecule is CC(C)(C)OC(=O)N1CCC2(CC1)C(=O)N(COCC[Si](C)(C)C)c1ncc(/C=C/C(=O)N3CCC(=Cc4nccs4)CC3)cc12. The van der Waals surface area contributed by atoms with Crippen molar-refractivity contribution in [3.63, 3.8) is 0 Å². The molecule has 5 heterocycles. The molecule has 2 aromatic heterocycles. The molecule has 2 aromatic rings. The van der Waals surface area contributed by atoms with Crippen LogP contribution < -0.4 is 4.90 Å².